The fourth-order valence-corrected chi connectivity index (χ4v) is 4.86. The molecule has 0 saturated heterocycles. The van der Waals surface area contributed by atoms with Crippen LogP contribution in [0.1, 0.15) is 45.6 Å². The van der Waals surface area contributed by atoms with E-state index in [0.29, 0.717) is 17.9 Å². The molecule has 0 saturated carbocycles. The zero-order valence-corrected chi connectivity index (χ0v) is 19.4. The van der Waals surface area contributed by atoms with Crippen molar-refractivity contribution in [3.63, 3.8) is 0 Å². The van der Waals surface area contributed by atoms with Gasteiger partial charge in [0.15, 0.2) is 5.69 Å². The number of hydrogen-bond acceptors (Lipinski definition) is 4. The fourth-order valence-electron chi connectivity index (χ4n) is 4.86. The van der Waals surface area contributed by atoms with E-state index in [1.54, 1.807) is 28.9 Å². The van der Waals surface area contributed by atoms with Gasteiger partial charge in [0.05, 0.1) is 22.8 Å². The minimum Gasteiger partial charge on any atom is -0.508 e. The summed E-state index contributed by atoms with van der Waals surface area (Å²) in [6.07, 6.45) is 3.00. The number of carbonyl (C=O) groups is 1. The number of hydrogen-bond donors (Lipinski definition) is 3. The van der Waals surface area contributed by atoms with Crippen molar-refractivity contribution in [3.05, 3.63) is 107 Å². The van der Waals surface area contributed by atoms with Crippen LogP contribution in [0.3, 0.4) is 0 Å². The molecule has 0 radical (unpaired) electrons. The van der Waals surface area contributed by atoms with Crippen molar-refractivity contribution >= 4 is 16.9 Å². The molecule has 0 aliphatic heterocycles. The van der Waals surface area contributed by atoms with Crippen LogP contribution in [-0.2, 0) is 19.3 Å². The van der Waals surface area contributed by atoms with Crippen LogP contribution >= 0.6 is 0 Å². The summed E-state index contributed by atoms with van der Waals surface area (Å²) in [5.41, 5.74) is 5.69. The van der Waals surface area contributed by atoms with E-state index in [9.17, 15) is 14.3 Å². The Balaban J connectivity index is 1.35. The molecule has 1 unspecified atom stereocenters. The Bertz CT molecular complexity index is 1520. The maximum Gasteiger partial charge on any atom is 0.272 e. The number of para-hydroxylation sites is 2. The average Bonchev–Trinajstić information content (AvgIpc) is 3.61. The van der Waals surface area contributed by atoms with Gasteiger partial charge in [-0.1, -0.05) is 24.3 Å². The number of fused-ring (bicyclic) bond motifs is 2. The minimum atomic E-state index is -0.442. The molecule has 5 aromatic rings. The van der Waals surface area contributed by atoms with Gasteiger partial charge in [-0.3, -0.25) is 4.79 Å². The van der Waals surface area contributed by atoms with Crippen molar-refractivity contribution in [2.45, 2.75) is 31.7 Å². The summed E-state index contributed by atoms with van der Waals surface area (Å²) < 4.78 is 15.2. The van der Waals surface area contributed by atoms with Gasteiger partial charge in [-0.25, -0.2) is 14.1 Å². The molecule has 1 amide bonds. The molecule has 7 nitrogen and oxygen atoms in total. The number of rotatable bonds is 6. The van der Waals surface area contributed by atoms with Crippen LogP contribution in [0.2, 0.25) is 0 Å². The van der Waals surface area contributed by atoms with Crippen molar-refractivity contribution < 1.29 is 14.3 Å². The van der Waals surface area contributed by atoms with Gasteiger partial charge in [-0.05, 0) is 79.8 Å². The summed E-state index contributed by atoms with van der Waals surface area (Å²) in [5.74, 6) is 0.235. The van der Waals surface area contributed by atoms with Crippen LogP contribution in [0.25, 0.3) is 16.7 Å². The fraction of sp³-hybridized carbons (Fsp3) is 0.179. The maximum absolute atomic E-state index is 13.6. The summed E-state index contributed by atoms with van der Waals surface area (Å²) in [6, 6.07) is 20.3. The van der Waals surface area contributed by atoms with E-state index in [4.69, 9.17) is 4.98 Å². The molecule has 3 N–H and O–H groups in total. The number of aromatic nitrogens is 4. The van der Waals surface area contributed by atoms with E-state index >= 15 is 0 Å². The van der Waals surface area contributed by atoms with Crippen molar-refractivity contribution in [2.24, 2.45) is 0 Å². The van der Waals surface area contributed by atoms with Gasteiger partial charge < -0.3 is 15.4 Å². The van der Waals surface area contributed by atoms with Gasteiger partial charge in [0, 0.05) is 11.3 Å². The number of phenols is 1. The molecule has 2 heterocycles. The minimum absolute atomic E-state index is 0.185. The lowest BCUT2D eigenvalue weighted by atomic mass is 10.0. The van der Waals surface area contributed by atoms with Crippen LogP contribution in [0.5, 0.6) is 5.75 Å². The van der Waals surface area contributed by atoms with Crippen LogP contribution in [0.15, 0.2) is 72.8 Å². The monoisotopic (exact) mass is 481 g/mol. The number of amides is 1. The first-order valence-electron chi connectivity index (χ1n) is 12.0. The van der Waals surface area contributed by atoms with E-state index in [-0.39, 0.29) is 17.5 Å². The number of nitrogens with zero attached hydrogens (tertiary/aromatic N) is 3. The van der Waals surface area contributed by atoms with Gasteiger partial charge in [0.2, 0.25) is 0 Å². The first kappa shape index (κ1) is 22.0. The molecule has 1 atom stereocenters. The average molecular weight is 482 g/mol. The Morgan fingerprint density at radius 2 is 1.83 bits per heavy atom. The molecular weight excluding hydrogens is 457 g/mol. The highest BCUT2D eigenvalue weighted by Crippen LogP contribution is 2.29. The molecule has 8 heteroatoms. The molecule has 1 aliphatic rings. The second-order valence-electron chi connectivity index (χ2n) is 9.05. The number of aromatic amines is 1. The second kappa shape index (κ2) is 8.96. The lowest BCUT2D eigenvalue weighted by Gasteiger charge is -2.17. The first-order valence-corrected chi connectivity index (χ1v) is 12.0. The van der Waals surface area contributed by atoms with Crippen molar-refractivity contribution in [3.8, 4) is 11.4 Å². The highest BCUT2D eigenvalue weighted by Gasteiger charge is 2.29. The zero-order chi connectivity index (χ0) is 24.6. The van der Waals surface area contributed by atoms with Crippen LogP contribution < -0.4 is 5.32 Å². The van der Waals surface area contributed by atoms with Gasteiger partial charge in [0.1, 0.15) is 17.4 Å². The topological polar surface area (TPSA) is 95.8 Å². The highest BCUT2D eigenvalue weighted by molar-refractivity contribution is 5.94. The number of benzene rings is 3. The van der Waals surface area contributed by atoms with E-state index < -0.39 is 6.04 Å². The molecule has 0 fully saturated rings. The lowest BCUT2D eigenvalue weighted by Crippen LogP contribution is -2.31. The lowest BCUT2D eigenvalue weighted by molar-refractivity contribution is 0.0928. The predicted molar refractivity (Wildman–Crippen MR) is 134 cm³/mol. The molecule has 0 bridgehead atoms. The molecule has 36 heavy (non-hydrogen) atoms. The van der Waals surface area contributed by atoms with Gasteiger partial charge in [0.25, 0.3) is 5.91 Å². The van der Waals surface area contributed by atoms with Gasteiger partial charge in [-0.2, -0.15) is 5.10 Å². The van der Waals surface area contributed by atoms with Crippen molar-refractivity contribution in [2.75, 3.05) is 0 Å². The van der Waals surface area contributed by atoms with Crippen LogP contribution in [-0.4, -0.2) is 30.8 Å². The Kier molecular flexibility index (Phi) is 5.48. The summed E-state index contributed by atoms with van der Waals surface area (Å²) in [4.78, 5) is 21.7. The third-order valence-corrected chi connectivity index (χ3v) is 6.64. The number of phenolic OH excluding ortho intramolecular Hbond substituents is 1. The van der Waals surface area contributed by atoms with Gasteiger partial charge >= 0.3 is 0 Å². The van der Waals surface area contributed by atoms with E-state index in [1.165, 1.54) is 12.1 Å². The third-order valence-electron chi connectivity index (χ3n) is 6.64. The molecule has 2 aromatic heterocycles. The van der Waals surface area contributed by atoms with Gasteiger partial charge in [-0.15, -0.1) is 0 Å². The van der Waals surface area contributed by atoms with Crippen molar-refractivity contribution in [1.29, 1.82) is 0 Å². The zero-order valence-electron chi connectivity index (χ0n) is 19.4. The smallest absolute Gasteiger partial charge is 0.272 e. The first-order chi connectivity index (χ1) is 17.5. The number of imidazole rings is 1. The Labute approximate surface area is 206 Å². The van der Waals surface area contributed by atoms with E-state index in [0.717, 1.165) is 52.8 Å². The number of H-pyrrole nitrogens is 1. The third kappa shape index (κ3) is 4.11. The second-order valence-corrected chi connectivity index (χ2v) is 9.05. The molecule has 0 spiro atoms. The number of aromatic hydroxyl groups is 1. The van der Waals surface area contributed by atoms with E-state index in [1.807, 2.05) is 36.4 Å². The quantitative estimate of drug-likeness (QED) is 0.325. The standard InChI is InChI=1S/C28H24FN5O2/c29-18-10-12-19(13-11-18)34-25-7-3-4-21(25)26(33-34)28(36)32-24(16-17-8-14-20(35)15-9-17)27-30-22-5-1-2-6-23(22)31-27/h1-2,5-6,8-15,24,35H,3-4,7,16H2,(H,30,31)(H,32,36). The molecule has 3 aromatic carbocycles. The summed E-state index contributed by atoms with van der Waals surface area (Å²) >= 11 is 0. The summed E-state index contributed by atoms with van der Waals surface area (Å²) in [6.45, 7) is 0. The van der Waals surface area contributed by atoms with Crippen molar-refractivity contribution in [1.82, 2.24) is 25.1 Å². The number of nitrogens with one attached hydrogen (secondary N) is 2. The Morgan fingerprint density at radius 1 is 1.06 bits per heavy atom. The molecular formula is C28H24FN5O2. The summed E-state index contributed by atoms with van der Waals surface area (Å²) in [7, 11) is 0. The largest absolute Gasteiger partial charge is 0.508 e. The van der Waals surface area contributed by atoms with Crippen LogP contribution in [0.4, 0.5) is 4.39 Å². The molecule has 6 rings (SSSR count). The normalized spacial score (nSPS) is 13.6. The maximum atomic E-state index is 13.6. The van der Waals surface area contributed by atoms with Crippen LogP contribution in [0, 0.1) is 5.82 Å². The molecule has 1 aliphatic carbocycles. The Hall–Kier alpha value is -4.46. The number of halogens is 1. The molecule has 180 valence electrons. The Morgan fingerprint density at radius 3 is 2.61 bits per heavy atom. The van der Waals surface area contributed by atoms with E-state index in [2.05, 4.69) is 15.4 Å². The predicted octanol–water partition coefficient (Wildman–Crippen LogP) is 4.80. The SMILES string of the molecule is O=C(NC(Cc1ccc(O)cc1)c1nc2ccccc2[nH]1)c1nn(-c2ccc(F)cc2)c2c1CCC2. The highest BCUT2D eigenvalue weighted by atomic mass is 19.1. The number of carbonyl (C=O) groups excluding carboxylic acids is 1. The summed E-state index contributed by atoms with van der Waals surface area (Å²) in [5, 5.41) is 17.5.